The van der Waals surface area contributed by atoms with Gasteiger partial charge in [0.1, 0.15) is 0 Å². The molecule has 2 aromatic rings. The van der Waals surface area contributed by atoms with Crippen molar-refractivity contribution in [3.05, 3.63) is 58.6 Å². The Hall–Kier alpha value is -2.64. The summed E-state index contributed by atoms with van der Waals surface area (Å²) in [5.41, 5.74) is 2.35. The van der Waals surface area contributed by atoms with Gasteiger partial charge in [0, 0.05) is 17.4 Å². The Kier molecular flexibility index (Phi) is 5.58. The van der Waals surface area contributed by atoms with Crippen LogP contribution in [0.15, 0.2) is 58.5 Å². The van der Waals surface area contributed by atoms with E-state index >= 15 is 0 Å². The number of carbonyl (C=O) groups excluding carboxylic acids is 1. The molecular formula is C20H18ClNO5S. The lowest BCUT2D eigenvalue weighted by molar-refractivity contribution is -0.133. The fourth-order valence-corrected chi connectivity index (χ4v) is 3.98. The quantitative estimate of drug-likeness (QED) is 0.765. The molecule has 0 aromatic heterocycles. The second-order valence-corrected chi connectivity index (χ2v) is 8.98. The molecule has 1 aliphatic carbocycles. The van der Waals surface area contributed by atoms with Crippen LogP contribution in [0.25, 0.3) is 11.1 Å². The molecule has 0 atom stereocenters. The van der Waals surface area contributed by atoms with Crippen LogP contribution in [0.2, 0.25) is 5.02 Å². The first kappa shape index (κ1) is 20.1. The second-order valence-electron chi connectivity index (χ2n) is 6.56. The Labute approximate surface area is 167 Å². The summed E-state index contributed by atoms with van der Waals surface area (Å²) >= 11 is 6.29. The molecule has 2 aromatic carbocycles. The summed E-state index contributed by atoms with van der Waals surface area (Å²) in [5.74, 6) is -1.52. The van der Waals surface area contributed by atoms with E-state index in [1.807, 2.05) is 0 Å². The average molecular weight is 420 g/mol. The number of hydrogen-bond donors (Lipinski definition) is 2. The highest BCUT2D eigenvalue weighted by Gasteiger charge is 2.25. The molecule has 0 fully saturated rings. The predicted octanol–water partition coefficient (Wildman–Crippen LogP) is 3.91. The molecule has 0 bridgehead atoms. The highest BCUT2D eigenvalue weighted by Crippen LogP contribution is 2.31. The van der Waals surface area contributed by atoms with Gasteiger partial charge in [0.25, 0.3) is 5.91 Å². The van der Waals surface area contributed by atoms with Crippen LogP contribution in [-0.4, -0.2) is 31.7 Å². The molecule has 146 valence electrons. The Bertz CT molecular complexity index is 1090. The van der Waals surface area contributed by atoms with Crippen molar-refractivity contribution in [3.8, 4) is 11.1 Å². The van der Waals surface area contributed by atoms with E-state index in [1.165, 1.54) is 12.1 Å². The van der Waals surface area contributed by atoms with Crippen molar-refractivity contribution in [1.29, 1.82) is 0 Å². The number of nitrogens with one attached hydrogen (secondary N) is 1. The third-order valence-corrected chi connectivity index (χ3v) is 6.02. The first-order chi connectivity index (χ1) is 13.2. The molecule has 1 aliphatic rings. The van der Waals surface area contributed by atoms with E-state index < -0.39 is 21.7 Å². The van der Waals surface area contributed by atoms with E-state index in [0.29, 0.717) is 30.0 Å². The third kappa shape index (κ3) is 4.26. The summed E-state index contributed by atoms with van der Waals surface area (Å²) in [5, 5.41) is 12.2. The van der Waals surface area contributed by atoms with Crippen molar-refractivity contribution in [2.75, 3.05) is 11.6 Å². The van der Waals surface area contributed by atoms with Gasteiger partial charge in [0.2, 0.25) is 0 Å². The number of carboxylic acids is 1. The molecule has 28 heavy (non-hydrogen) atoms. The maximum atomic E-state index is 12.4. The van der Waals surface area contributed by atoms with Crippen LogP contribution in [-0.2, 0) is 19.4 Å². The number of rotatable bonds is 5. The molecule has 0 radical (unpaired) electrons. The summed E-state index contributed by atoms with van der Waals surface area (Å²) in [7, 11) is -3.27. The van der Waals surface area contributed by atoms with E-state index in [0.717, 1.165) is 17.4 Å². The number of carbonyl (C=O) groups is 2. The Balaban J connectivity index is 1.82. The fraction of sp³-hybridized carbons (Fsp3) is 0.200. The first-order valence-electron chi connectivity index (χ1n) is 8.53. The lowest BCUT2D eigenvalue weighted by Crippen LogP contribution is -2.16. The van der Waals surface area contributed by atoms with Crippen LogP contribution in [0, 0.1) is 0 Å². The van der Waals surface area contributed by atoms with Crippen LogP contribution in [0.5, 0.6) is 0 Å². The number of carboxylic acid groups (broad SMARTS) is 1. The zero-order valence-corrected chi connectivity index (χ0v) is 16.6. The number of halogens is 1. The monoisotopic (exact) mass is 419 g/mol. The van der Waals surface area contributed by atoms with Crippen LogP contribution in [0.1, 0.15) is 19.3 Å². The Morgan fingerprint density at radius 3 is 2.18 bits per heavy atom. The van der Waals surface area contributed by atoms with Gasteiger partial charge in [-0.3, -0.25) is 4.79 Å². The van der Waals surface area contributed by atoms with Crippen LogP contribution in [0.3, 0.4) is 0 Å². The highest BCUT2D eigenvalue weighted by molar-refractivity contribution is 7.90. The SMILES string of the molecule is CS(=O)(=O)c1ccc(-c2ccc(NC(=O)C3=C(C(=O)O)CCC3)c(Cl)c2)cc1. The molecule has 2 N–H and O–H groups in total. The number of sulfone groups is 1. The average Bonchev–Trinajstić information content (AvgIpc) is 3.13. The van der Waals surface area contributed by atoms with Gasteiger partial charge in [-0.1, -0.05) is 29.8 Å². The number of aliphatic carboxylic acids is 1. The maximum Gasteiger partial charge on any atom is 0.332 e. The van der Waals surface area contributed by atoms with Gasteiger partial charge >= 0.3 is 5.97 Å². The molecule has 8 heteroatoms. The van der Waals surface area contributed by atoms with Crippen molar-refractivity contribution < 1.29 is 23.1 Å². The molecule has 0 spiro atoms. The number of amides is 1. The van der Waals surface area contributed by atoms with Crippen molar-refractivity contribution in [2.24, 2.45) is 0 Å². The Morgan fingerprint density at radius 1 is 1.00 bits per heavy atom. The lowest BCUT2D eigenvalue weighted by atomic mass is 10.1. The lowest BCUT2D eigenvalue weighted by Gasteiger charge is -2.11. The smallest absolute Gasteiger partial charge is 0.332 e. The Morgan fingerprint density at radius 2 is 1.61 bits per heavy atom. The molecule has 1 amide bonds. The zero-order valence-electron chi connectivity index (χ0n) is 15.0. The number of hydrogen-bond acceptors (Lipinski definition) is 4. The van der Waals surface area contributed by atoms with Crippen LogP contribution < -0.4 is 5.32 Å². The summed E-state index contributed by atoms with van der Waals surface area (Å²) in [6.07, 6.45) is 2.59. The van der Waals surface area contributed by atoms with Gasteiger partial charge in [-0.25, -0.2) is 13.2 Å². The van der Waals surface area contributed by atoms with Crippen LogP contribution in [0.4, 0.5) is 5.69 Å². The van der Waals surface area contributed by atoms with E-state index in [-0.39, 0.29) is 16.0 Å². The second kappa shape index (κ2) is 7.77. The van der Waals surface area contributed by atoms with Crippen LogP contribution >= 0.6 is 11.6 Å². The van der Waals surface area contributed by atoms with E-state index in [4.69, 9.17) is 11.6 Å². The number of anilines is 1. The fourth-order valence-electron chi connectivity index (χ4n) is 3.12. The van der Waals surface area contributed by atoms with E-state index in [2.05, 4.69) is 5.32 Å². The van der Waals surface area contributed by atoms with Crippen molar-refractivity contribution in [1.82, 2.24) is 0 Å². The maximum absolute atomic E-state index is 12.4. The van der Waals surface area contributed by atoms with E-state index in [1.54, 1.807) is 30.3 Å². The van der Waals surface area contributed by atoms with Gasteiger partial charge in [0.05, 0.1) is 15.6 Å². The van der Waals surface area contributed by atoms with Gasteiger partial charge in [0.15, 0.2) is 9.84 Å². The third-order valence-electron chi connectivity index (χ3n) is 4.58. The van der Waals surface area contributed by atoms with Crippen molar-refractivity contribution >= 4 is 39.0 Å². The number of benzene rings is 2. The van der Waals surface area contributed by atoms with Gasteiger partial charge in [-0.05, 0) is 54.7 Å². The minimum absolute atomic E-state index is 0.149. The molecule has 0 aliphatic heterocycles. The summed E-state index contributed by atoms with van der Waals surface area (Å²) < 4.78 is 23.1. The molecule has 0 saturated carbocycles. The normalized spacial score (nSPS) is 14.2. The molecule has 6 nitrogen and oxygen atoms in total. The predicted molar refractivity (Wildman–Crippen MR) is 107 cm³/mol. The summed E-state index contributed by atoms with van der Waals surface area (Å²) in [6.45, 7) is 0. The van der Waals surface area contributed by atoms with Gasteiger partial charge in [-0.15, -0.1) is 0 Å². The minimum Gasteiger partial charge on any atom is -0.478 e. The standard InChI is InChI=1S/C20H18ClNO5S/c1-28(26,27)14-8-5-12(6-9-14)13-7-10-18(17(21)11-13)22-19(23)15-3-2-4-16(15)20(24)25/h5-11H,2-4H2,1H3,(H,22,23)(H,24,25). The molecule has 0 saturated heterocycles. The molecule has 3 rings (SSSR count). The van der Waals surface area contributed by atoms with Crippen molar-refractivity contribution in [3.63, 3.8) is 0 Å². The van der Waals surface area contributed by atoms with Gasteiger partial charge < -0.3 is 10.4 Å². The largest absolute Gasteiger partial charge is 0.478 e. The van der Waals surface area contributed by atoms with Crippen molar-refractivity contribution in [2.45, 2.75) is 24.2 Å². The summed E-state index contributed by atoms with van der Waals surface area (Å²) in [4.78, 5) is 23.9. The zero-order chi connectivity index (χ0) is 20.5. The molecule has 0 heterocycles. The summed E-state index contributed by atoms with van der Waals surface area (Å²) in [6, 6.07) is 11.5. The van der Waals surface area contributed by atoms with E-state index in [9.17, 15) is 23.1 Å². The highest BCUT2D eigenvalue weighted by atomic mass is 35.5. The molecular weight excluding hydrogens is 402 g/mol. The first-order valence-corrected chi connectivity index (χ1v) is 10.8. The van der Waals surface area contributed by atoms with Gasteiger partial charge in [-0.2, -0.15) is 0 Å². The minimum atomic E-state index is -3.27. The topological polar surface area (TPSA) is 101 Å². The molecule has 0 unspecified atom stereocenters.